The first kappa shape index (κ1) is 26.6. The lowest BCUT2D eigenvalue weighted by atomic mass is 9.98. The molecule has 3 aromatic rings. The molecule has 8 nitrogen and oxygen atoms in total. The third-order valence-corrected chi connectivity index (χ3v) is 7.82. The fourth-order valence-corrected chi connectivity index (χ4v) is 5.77. The van der Waals surface area contributed by atoms with Crippen molar-refractivity contribution in [1.82, 2.24) is 14.9 Å². The quantitative estimate of drug-likeness (QED) is 0.465. The Morgan fingerprint density at radius 2 is 1.87 bits per heavy atom. The zero-order valence-corrected chi connectivity index (χ0v) is 22.1. The first-order valence-electron chi connectivity index (χ1n) is 13.4. The van der Waals surface area contributed by atoms with Crippen LogP contribution in [0.3, 0.4) is 0 Å². The van der Waals surface area contributed by atoms with Gasteiger partial charge in [-0.1, -0.05) is 36.8 Å². The predicted octanol–water partition coefficient (Wildman–Crippen LogP) is 4.17. The van der Waals surface area contributed by atoms with Crippen LogP contribution in [0.2, 0.25) is 0 Å². The van der Waals surface area contributed by atoms with E-state index in [1.807, 2.05) is 29.2 Å². The molecule has 2 aromatic carbocycles. The fraction of sp³-hybridized carbons (Fsp3) is 0.400. The number of amides is 1. The van der Waals surface area contributed by atoms with Crippen LogP contribution in [-0.2, 0) is 24.1 Å². The van der Waals surface area contributed by atoms with Crippen LogP contribution in [0, 0.1) is 11.7 Å². The van der Waals surface area contributed by atoms with Gasteiger partial charge in [0.25, 0.3) is 0 Å². The van der Waals surface area contributed by atoms with E-state index >= 15 is 0 Å². The molecule has 0 bridgehead atoms. The zero-order valence-electron chi connectivity index (χ0n) is 22.1. The number of likely N-dealkylation sites (tertiary alicyclic amines) is 1. The van der Waals surface area contributed by atoms with E-state index in [0.717, 1.165) is 30.4 Å². The van der Waals surface area contributed by atoms with E-state index in [2.05, 4.69) is 9.88 Å². The summed E-state index contributed by atoms with van der Waals surface area (Å²) < 4.78 is 18.7. The molecule has 5 rings (SSSR count). The molecule has 1 amide bonds. The molecular formula is C30H33FN4O4. The summed E-state index contributed by atoms with van der Waals surface area (Å²) in [6, 6.07) is 13.8. The zero-order chi connectivity index (χ0) is 27.4. The van der Waals surface area contributed by atoms with Gasteiger partial charge in [0.2, 0.25) is 11.9 Å². The van der Waals surface area contributed by atoms with Crippen LogP contribution in [0.1, 0.15) is 46.4 Å². The number of anilines is 1. The van der Waals surface area contributed by atoms with E-state index in [4.69, 9.17) is 9.72 Å². The largest absolute Gasteiger partial charge is 0.496 e. The molecule has 2 aliphatic heterocycles. The molecule has 2 atom stereocenters. The number of rotatable bonds is 8. The van der Waals surface area contributed by atoms with E-state index in [-0.39, 0.29) is 29.8 Å². The molecule has 2 aliphatic rings. The first-order valence-corrected chi connectivity index (χ1v) is 13.4. The van der Waals surface area contributed by atoms with Gasteiger partial charge in [-0.15, -0.1) is 0 Å². The highest BCUT2D eigenvalue weighted by Crippen LogP contribution is 2.33. The molecule has 1 N–H and O–H groups in total. The minimum Gasteiger partial charge on any atom is -0.496 e. The molecule has 1 aromatic heterocycles. The lowest BCUT2D eigenvalue weighted by Gasteiger charge is -2.30. The molecule has 204 valence electrons. The average molecular weight is 533 g/mol. The third-order valence-electron chi connectivity index (χ3n) is 7.82. The van der Waals surface area contributed by atoms with E-state index in [9.17, 15) is 19.1 Å². The Morgan fingerprint density at radius 3 is 2.64 bits per heavy atom. The summed E-state index contributed by atoms with van der Waals surface area (Å²) >= 11 is 0. The second-order valence-corrected chi connectivity index (χ2v) is 10.3. The van der Waals surface area contributed by atoms with Gasteiger partial charge in [0.1, 0.15) is 11.6 Å². The van der Waals surface area contributed by atoms with Crippen molar-refractivity contribution in [2.75, 3.05) is 31.6 Å². The van der Waals surface area contributed by atoms with Crippen molar-refractivity contribution in [3.63, 3.8) is 0 Å². The summed E-state index contributed by atoms with van der Waals surface area (Å²) in [5, 5.41) is 9.71. The van der Waals surface area contributed by atoms with Crippen LogP contribution >= 0.6 is 0 Å². The minimum absolute atomic E-state index is 0.0418. The Kier molecular flexibility index (Phi) is 8.05. The highest BCUT2D eigenvalue weighted by molar-refractivity contribution is 5.88. The third kappa shape index (κ3) is 6.02. The Morgan fingerprint density at radius 1 is 1.08 bits per heavy atom. The second-order valence-electron chi connectivity index (χ2n) is 10.3. The molecule has 9 heteroatoms. The number of benzene rings is 2. The molecule has 2 fully saturated rings. The van der Waals surface area contributed by atoms with E-state index in [1.54, 1.807) is 19.2 Å². The van der Waals surface area contributed by atoms with E-state index in [1.165, 1.54) is 18.3 Å². The van der Waals surface area contributed by atoms with Crippen LogP contribution in [0.5, 0.6) is 5.75 Å². The SMILES string of the molecule is COc1ccccc1CC(=O)N1CCCC[C@@H]2CN(c3ncc(C(=O)O)c(CCc4ccc(F)cc4)n3)C[C@@H]21. The van der Waals surface area contributed by atoms with Crippen molar-refractivity contribution in [3.8, 4) is 5.75 Å². The molecule has 0 unspecified atom stereocenters. The van der Waals surface area contributed by atoms with Gasteiger partial charge in [-0.3, -0.25) is 4.79 Å². The maximum atomic E-state index is 13.5. The second kappa shape index (κ2) is 11.8. The van der Waals surface area contributed by atoms with Crippen molar-refractivity contribution >= 4 is 17.8 Å². The number of methoxy groups -OCH3 is 1. The Balaban J connectivity index is 1.34. The van der Waals surface area contributed by atoms with Gasteiger partial charge in [-0.05, 0) is 55.4 Å². The molecular weight excluding hydrogens is 499 g/mol. The number of aromatic nitrogens is 2. The molecule has 0 spiro atoms. The number of fused-ring (bicyclic) bond motifs is 1. The Labute approximate surface area is 227 Å². The number of carbonyl (C=O) groups is 2. The summed E-state index contributed by atoms with van der Waals surface area (Å²) in [6.07, 6.45) is 5.63. The Hall–Kier alpha value is -4.01. The standard InChI is InChI=1S/C30H33FN4O4/c1-39-27-8-3-2-6-21(27)16-28(36)35-15-5-4-7-22-18-34(19-26(22)35)30-32-17-24(29(37)38)25(33-30)14-11-20-9-12-23(31)13-10-20/h2-3,6,8-10,12-13,17,22,26H,4-5,7,11,14-16,18-19H2,1H3,(H,37,38)/t22-,26+/m1/s1. The van der Waals surface area contributed by atoms with Crippen LogP contribution in [0.15, 0.2) is 54.7 Å². The highest BCUT2D eigenvalue weighted by Gasteiger charge is 2.40. The number of ether oxygens (including phenoxy) is 1. The number of carboxylic acid groups (broad SMARTS) is 1. The summed E-state index contributed by atoms with van der Waals surface area (Å²) in [4.78, 5) is 38.6. The molecule has 39 heavy (non-hydrogen) atoms. The van der Waals surface area contributed by atoms with E-state index in [0.29, 0.717) is 55.8 Å². The van der Waals surface area contributed by atoms with Gasteiger partial charge in [-0.2, -0.15) is 0 Å². The summed E-state index contributed by atoms with van der Waals surface area (Å²) in [5.74, 6) is 0.191. The topological polar surface area (TPSA) is 95.9 Å². The first-order chi connectivity index (χ1) is 18.9. The normalized spacial score (nSPS) is 18.9. The van der Waals surface area contributed by atoms with Crippen LogP contribution in [0.4, 0.5) is 10.3 Å². The molecule has 0 radical (unpaired) electrons. The predicted molar refractivity (Wildman–Crippen MR) is 145 cm³/mol. The Bertz CT molecular complexity index is 1330. The summed E-state index contributed by atoms with van der Waals surface area (Å²) in [6.45, 7) is 2.03. The van der Waals surface area contributed by atoms with Gasteiger partial charge in [0, 0.05) is 31.4 Å². The lowest BCUT2D eigenvalue weighted by molar-refractivity contribution is -0.132. The van der Waals surface area contributed by atoms with Crippen LogP contribution in [-0.4, -0.2) is 64.6 Å². The summed E-state index contributed by atoms with van der Waals surface area (Å²) in [7, 11) is 1.61. The number of aromatic carboxylic acids is 1. The maximum absolute atomic E-state index is 13.5. The molecule has 0 aliphatic carbocycles. The van der Waals surface area contributed by atoms with Gasteiger partial charge in [-0.25, -0.2) is 19.2 Å². The molecule has 3 heterocycles. The van der Waals surface area contributed by atoms with Crippen molar-refractivity contribution in [3.05, 3.63) is 82.9 Å². The number of hydrogen-bond donors (Lipinski definition) is 1. The highest BCUT2D eigenvalue weighted by atomic mass is 19.1. The number of carboxylic acids is 1. The number of carbonyl (C=O) groups excluding carboxylic acids is 1. The van der Waals surface area contributed by atoms with Gasteiger partial charge in [0.15, 0.2) is 0 Å². The smallest absolute Gasteiger partial charge is 0.339 e. The van der Waals surface area contributed by atoms with E-state index < -0.39 is 5.97 Å². The average Bonchev–Trinajstić information content (AvgIpc) is 3.26. The minimum atomic E-state index is -1.07. The maximum Gasteiger partial charge on any atom is 0.339 e. The number of aryl methyl sites for hydroxylation is 2. The number of nitrogens with zero attached hydrogens (tertiary/aromatic N) is 4. The fourth-order valence-electron chi connectivity index (χ4n) is 5.77. The van der Waals surface area contributed by atoms with Crippen LogP contribution < -0.4 is 9.64 Å². The number of halogens is 1. The molecule has 0 saturated carbocycles. The number of para-hydroxylation sites is 1. The van der Waals surface area contributed by atoms with Crippen LogP contribution in [0.25, 0.3) is 0 Å². The monoisotopic (exact) mass is 532 g/mol. The lowest BCUT2D eigenvalue weighted by Crippen LogP contribution is -2.45. The molecule has 2 saturated heterocycles. The van der Waals surface area contributed by atoms with Gasteiger partial charge >= 0.3 is 5.97 Å². The number of hydrogen-bond acceptors (Lipinski definition) is 6. The van der Waals surface area contributed by atoms with Crippen molar-refractivity contribution in [2.24, 2.45) is 5.92 Å². The van der Waals surface area contributed by atoms with Crippen molar-refractivity contribution < 1.29 is 23.8 Å². The van der Waals surface area contributed by atoms with Gasteiger partial charge < -0.3 is 19.6 Å². The van der Waals surface area contributed by atoms with Crippen molar-refractivity contribution in [1.29, 1.82) is 0 Å². The van der Waals surface area contributed by atoms with Crippen molar-refractivity contribution in [2.45, 2.75) is 44.6 Å². The van der Waals surface area contributed by atoms with Gasteiger partial charge in [0.05, 0.1) is 30.8 Å². The summed E-state index contributed by atoms with van der Waals surface area (Å²) in [5.41, 5.74) is 2.30.